The van der Waals surface area contributed by atoms with E-state index in [1.165, 1.54) is 12.1 Å². The molecule has 1 saturated heterocycles. The van der Waals surface area contributed by atoms with Crippen LogP contribution in [0.1, 0.15) is 40.2 Å². The normalized spacial score (nSPS) is 22.4. The fourth-order valence-electron chi connectivity index (χ4n) is 5.33. The molecule has 0 aromatic heterocycles. The monoisotopic (exact) mass is 534 g/mol. The van der Waals surface area contributed by atoms with E-state index in [0.29, 0.717) is 40.5 Å². The van der Waals surface area contributed by atoms with Gasteiger partial charge in [-0.05, 0) is 60.5 Å². The average Bonchev–Trinajstić information content (AvgIpc) is 3.55. The van der Waals surface area contributed by atoms with Gasteiger partial charge in [0, 0.05) is 29.3 Å². The summed E-state index contributed by atoms with van der Waals surface area (Å²) in [5, 5.41) is 15.7. The second kappa shape index (κ2) is 10.5. The molecule has 0 radical (unpaired) electrons. The largest absolute Gasteiger partial charge is 0.487 e. The van der Waals surface area contributed by atoms with Crippen molar-refractivity contribution in [3.63, 3.8) is 0 Å². The van der Waals surface area contributed by atoms with Crippen molar-refractivity contribution < 1.29 is 38.0 Å². The third kappa shape index (κ3) is 5.25. The summed E-state index contributed by atoms with van der Waals surface area (Å²) in [6, 6.07) is 16.5. The summed E-state index contributed by atoms with van der Waals surface area (Å²) >= 11 is 0. The molecule has 3 aliphatic heterocycles. The third-order valence-corrected chi connectivity index (χ3v) is 7.18. The number of amides is 2. The van der Waals surface area contributed by atoms with Crippen LogP contribution in [0.4, 0.5) is 10.1 Å². The molecule has 3 N–H and O–H groups in total. The predicted molar refractivity (Wildman–Crippen MR) is 137 cm³/mol. The molecule has 0 saturated carbocycles. The van der Waals surface area contributed by atoms with Crippen molar-refractivity contribution in [3.05, 3.63) is 83.2 Å². The van der Waals surface area contributed by atoms with E-state index >= 15 is 0 Å². The number of carbonyl (C=O) groups excluding carboxylic acids is 2. The van der Waals surface area contributed by atoms with Crippen molar-refractivity contribution in [2.24, 2.45) is 0 Å². The molecule has 0 bridgehead atoms. The van der Waals surface area contributed by atoms with Gasteiger partial charge in [-0.3, -0.25) is 9.59 Å². The van der Waals surface area contributed by atoms with Gasteiger partial charge in [0.25, 0.3) is 5.91 Å². The van der Waals surface area contributed by atoms with Crippen molar-refractivity contribution in [2.75, 3.05) is 18.7 Å². The summed E-state index contributed by atoms with van der Waals surface area (Å²) in [7, 11) is 0. The van der Waals surface area contributed by atoms with Gasteiger partial charge in [0.2, 0.25) is 12.7 Å². The van der Waals surface area contributed by atoms with E-state index in [2.05, 4.69) is 10.6 Å². The topological polar surface area (TPSA) is 115 Å². The highest BCUT2D eigenvalue weighted by Crippen LogP contribution is 2.47. The van der Waals surface area contributed by atoms with E-state index < -0.39 is 18.3 Å². The van der Waals surface area contributed by atoms with E-state index in [4.69, 9.17) is 18.9 Å². The number of hydrogen-bond acceptors (Lipinski definition) is 7. The van der Waals surface area contributed by atoms with Gasteiger partial charge in [0.15, 0.2) is 11.5 Å². The zero-order chi connectivity index (χ0) is 26.9. The summed E-state index contributed by atoms with van der Waals surface area (Å²) in [5.41, 5.74) is 2.58. The standard InChI is InChI=1S/C29H27FN2O7/c30-18-3-1-2-16(8-18)13-31-27(34)12-20-11-22-21-10-19(5-7-23(21)39-28(22)26(14-33)38-20)32-29(35)17-4-6-24-25(9-17)37-15-36-24/h1-10,20,22,26,28,33H,11-15H2,(H,31,34)(H,32,35)/t20-,22-,26+,28+/m0/s1. The van der Waals surface area contributed by atoms with E-state index in [9.17, 15) is 19.1 Å². The number of anilines is 1. The molecule has 0 unspecified atom stereocenters. The molecular formula is C29H27FN2O7. The number of aliphatic hydroxyl groups excluding tert-OH is 1. The van der Waals surface area contributed by atoms with Crippen LogP contribution < -0.4 is 24.8 Å². The van der Waals surface area contributed by atoms with Crippen LogP contribution >= 0.6 is 0 Å². The maximum Gasteiger partial charge on any atom is 0.255 e. The highest BCUT2D eigenvalue weighted by Gasteiger charge is 2.46. The van der Waals surface area contributed by atoms with E-state index in [0.717, 1.165) is 5.56 Å². The molecule has 3 aliphatic rings. The fourth-order valence-corrected chi connectivity index (χ4v) is 5.33. The lowest BCUT2D eigenvalue weighted by Gasteiger charge is -2.37. The summed E-state index contributed by atoms with van der Waals surface area (Å²) in [5.74, 6) is 0.762. The molecular weight excluding hydrogens is 507 g/mol. The van der Waals surface area contributed by atoms with Crippen molar-refractivity contribution in [1.29, 1.82) is 0 Å². The first-order valence-electron chi connectivity index (χ1n) is 12.8. The minimum atomic E-state index is -0.608. The van der Waals surface area contributed by atoms with Gasteiger partial charge >= 0.3 is 0 Å². The van der Waals surface area contributed by atoms with E-state index in [-0.39, 0.29) is 49.9 Å². The van der Waals surface area contributed by atoms with Gasteiger partial charge in [0.1, 0.15) is 23.8 Å². The van der Waals surface area contributed by atoms with E-state index in [1.54, 1.807) is 42.5 Å². The molecule has 1 fully saturated rings. The van der Waals surface area contributed by atoms with Crippen LogP contribution in [0.3, 0.4) is 0 Å². The Kier molecular flexibility index (Phi) is 6.80. The highest BCUT2D eigenvalue weighted by molar-refractivity contribution is 6.04. The van der Waals surface area contributed by atoms with Crippen LogP contribution in [-0.4, -0.2) is 48.6 Å². The Balaban J connectivity index is 1.13. The van der Waals surface area contributed by atoms with Crippen LogP contribution in [0.2, 0.25) is 0 Å². The number of aliphatic hydroxyl groups is 1. The van der Waals surface area contributed by atoms with Gasteiger partial charge < -0.3 is 34.7 Å². The van der Waals surface area contributed by atoms with Crippen molar-refractivity contribution in [1.82, 2.24) is 5.32 Å². The molecule has 9 nitrogen and oxygen atoms in total. The number of carbonyl (C=O) groups is 2. The molecule has 202 valence electrons. The first-order valence-corrected chi connectivity index (χ1v) is 12.8. The Morgan fingerprint density at radius 2 is 1.85 bits per heavy atom. The molecule has 39 heavy (non-hydrogen) atoms. The first kappa shape index (κ1) is 25.1. The molecule has 0 aliphatic carbocycles. The van der Waals surface area contributed by atoms with Gasteiger partial charge in [-0.1, -0.05) is 12.1 Å². The van der Waals surface area contributed by atoms with Crippen LogP contribution in [0, 0.1) is 5.82 Å². The number of ether oxygens (including phenoxy) is 4. The number of nitrogens with one attached hydrogen (secondary N) is 2. The maximum absolute atomic E-state index is 13.4. The number of benzene rings is 3. The molecule has 2 amide bonds. The lowest BCUT2D eigenvalue weighted by Crippen LogP contribution is -2.47. The Morgan fingerprint density at radius 1 is 1.00 bits per heavy atom. The van der Waals surface area contributed by atoms with Crippen LogP contribution in [0.5, 0.6) is 17.2 Å². The molecule has 6 rings (SSSR count). The Morgan fingerprint density at radius 3 is 2.69 bits per heavy atom. The van der Waals surface area contributed by atoms with Gasteiger partial charge in [-0.25, -0.2) is 4.39 Å². The van der Waals surface area contributed by atoms with Crippen LogP contribution in [0.25, 0.3) is 0 Å². The lowest BCUT2D eigenvalue weighted by atomic mass is 9.84. The molecule has 4 atom stereocenters. The van der Waals surface area contributed by atoms with Crippen molar-refractivity contribution in [3.8, 4) is 17.2 Å². The summed E-state index contributed by atoms with van der Waals surface area (Å²) in [4.78, 5) is 25.5. The highest BCUT2D eigenvalue weighted by atomic mass is 19.1. The summed E-state index contributed by atoms with van der Waals surface area (Å²) in [6.45, 7) is 0.0729. The molecule has 3 aromatic rings. The number of fused-ring (bicyclic) bond motifs is 4. The third-order valence-electron chi connectivity index (χ3n) is 7.18. The Labute approximate surface area is 223 Å². The lowest BCUT2D eigenvalue weighted by molar-refractivity contribution is -0.142. The molecule has 3 aromatic carbocycles. The number of rotatable bonds is 7. The second-order valence-electron chi connectivity index (χ2n) is 9.79. The van der Waals surface area contributed by atoms with Crippen molar-refractivity contribution >= 4 is 17.5 Å². The predicted octanol–water partition coefficient (Wildman–Crippen LogP) is 3.51. The van der Waals surface area contributed by atoms with Crippen LogP contribution in [0.15, 0.2) is 60.7 Å². The molecule has 10 heteroatoms. The molecule has 3 heterocycles. The quantitative estimate of drug-likeness (QED) is 0.425. The minimum Gasteiger partial charge on any atom is -0.487 e. The minimum absolute atomic E-state index is 0.0882. The summed E-state index contributed by atoms with van der Waals surface area (Å²) in [6.07, 6.45) is -0.871. The maximum atomic E-state index is 13.4. The zero-order valence-electron chi connectivity index (χ0n) is 20.9. The average molecular weight is 535 g/mol. The SMILES string of the molecule is O=C(C[C@@H]1C[C@H]2c3cc(NC(=O)c4ccc5c(c4)OCO5)ccc3O[C@H]2[C@@H](CO)O1)NCc1cccc(F)c1. The number of halogens is 1. The smallest absolute Gasteiger partial charge is 0.255 e. The fraction of sp³-hybridized carbons (Fsp3) is 0.310. The van der Waals surface area contributed by atoms with Gasteiger partial charge in [-0.15, -0.1) is 0 Å². The van der Waals surface area contributed by atoms with Gasteiger partial charge in [0.05, 0.1) is 19.1 Å². The first-order chi connectivity index (χ1) is 19.0. The Bertz CT molecular complexity index is 1410. The number of hydrogen-bond donors (Lipinski definition) is 3. The van der Waals surface area contributed by atoms with Gasteiger partial charge in [-0.2, -0.15) is 0 Å². The summed E-state index contributed by atoms with van der Waals surface area (Å²) < 4.78 is 36.2. The van der Waals surface area contributed by atoms with E-state index in [1.807, 2.05) is 6.07 Å². The zero-order valence-corrected chi connectivity index (χ0v) is 20.9. The Hall–Kier alpha value is -4.15. The molecule has 0 spiro atoms. The van der Waals surface area contributed by atoms with Crippen molar-refractivity contribution in [2.45, 2.75) is 43.6 Å². The second-order valence-corrected chi connectivity index (χ2v) is 9.79. The van der Waals surface area contributed by atoms with Crippen LogP contribution in [-0.2, 0) is 16.1 Å².